The van der Waals surface area contributed by atoms with Gasteiger partial charge in [0.05, 0.1) is 0 Å². The molecule has 6 heteroatoms. The van der Waals surface area contributed by atoms with Crippen LogP contribution in [0.2, 0.25) is 15.1 Å². The zero-order valence-electron chi connectivity index (χ0n) is 35.3. The van der Waals surface area contributed by atoms with Crippen molar-refractivity contribution in [3.05, 3.63) is 174 Å². The van der Waals surface area contributed by atoms with Crippen LogP contribution in [0.25, 0.3) is 33.4 Å². The quantitative estimate of drug-likeness (QED) is 0.146. The lowest BCUT2D eigenvalue weighted by atomic mass is 9.87. The second-order valence-electron chi connectivity index (χ2n) is 15.3. The van der Waals surface area contributed by atoms with Gasteiger partial charge in [0.15, 0.2) is 0 Å². The second-order valence-corrected chi connectivity index (χ2v) is 16.6. The van der Waals surface area contributed by atoms with Gasteiger partial charge in [0.25, 0.3) is 0 Å². The minimum atomic E-state index is 0.189. The van der Waals surface area contributed by atoms with E-state index in [1.54, 1.807) is 20.8 Å². The summed E-state index contributed by atoms with van der Waals surface area (Å²) in [6, 6.07) is 34.1. The maximum absolute atomic E-state index is 11.5. The summed E-state index contributed by atoms with van der Waals surface area (Å²) in [6.07, 6.45) is 1.49. The summed E-state index contributed by atoms with van der Waals surface area (Å²) in [5.74, 6) is 0.579. The van der Waals surface area contributed by atoms with Crippen molar-refractivity contribution in [3.63, 3.8) is 0 Å². The van der Waals surface area contributed by atoms with Crippen LogP contribution in [0.5, 0.6) is 0 Å². The summed E-state index contributed by atoms with van der Waals surface area (Å²) < 4.78 is 0. The van der Waals surface area contributed by atoms with E-state index in [9.17, 15) is 14.4 Å². The number of hydrogen-bond acceptors (Lipinski definition) is 3. The van der Waals surface area contributed by atoms with Gasteiger partial charge in [-0.05, 0) is 195 Å². The zero-order valence-corrected chi connectivity index (χ0v) is 37.6. The first-order valence-electron chi connectivity index (χ1n) is 19.4. The molecule has 0 saturated carbocycles. The molecule has 58 heavy (non-hydrogen) atoms. The first kappa shape index (κ1) is 45.9. The van der Waals surface area contributed by atoms with E-state index in [2.05, 4.69) is 78.8 Å². The largest absolute Gasteiger partial charge is 0.300 e. The standard InChI is InChI=1S/C18H19ClO.2C17H17ClO/c1-11-9-12(2)18(14(4)17(11)10-13(3)20)15-5-7-16(19)8-6-15;1-11-4-9-16(13(3)17(11)10-12(2)19)14-5-7-15(18)8-6-14;1-11-8-12(2)17(10-15(11)9-13(3)19)14-4-6-16(18)7-5-14/h5-9H,10H2,1-4H3;4-9H,10H2,1-3H3;4-8,10H,9H2,1-3H3. The Hall–Kier alpha value is -4.80. The molecule has 6 aromatic rings. The summed E-state index contributed by atoms with van der Waals surface area (Å²) in [7, 11) is 0. The molecule has 0 amide bonds. The van der Waals surface area contributed by atoms with Crippen LogP contribution in [-0.2, 0) is 33.6 Å². The van der Waals surface area contributed by atoms with Gasteiger partial charge in [-0.25, -0.2) is 0 Å². The van der Waals surface area contributed by atoms with Gasteiger partial charge < -0.3 is 0 Å². The molecule has 0 aliphatic carbocycles. The Morgan fingerprint density at radius 3 is 1.28 bits per heavy atom. The van der Waals surface area contributed by atoms with E-state index in [0.717, 1.165) is 48.4 Å². The summed E-state index contributed by atoms with van der Waals surface area (Å²) >= 11 is 17.8. The van der Waals surface area contributed by atoms with Crippen molar-refractivity contribution in [1.82, 2.24) is 0 Å². The fourth-order valence-corrected chi connectivity index (χ4v) is 7.84. The van der Waals surface area contributed by atoms with Gasteiger partial charge in [0.2, 0.25) is 0 Å². The maximum atomic E-state index is 11.5. The third kappa shape index (κ3) is 12.4. The minimum absolute atomic E-state index is 0.189. The molecule has 0 bridgehead atoms. The number of halogens is 3. The smallest absolute Gasteiger partial charge is 0.134 e. The Bertz CT molecular complexity index is 2380. The highest BCUT2D eigenvalue weighted by atomic mass is 35.5. The molecule has 0 aliphatic rings. The summed E-state index contributed by atoms with van der Waals surface area (Å²) in [5.41, 5.74) is 18.7. The van der Waals surface area contributed by atoms with Crippen molar-refractivity contribution in [2.75, 3.05) is 0 Å². The van der Waals surface area contributed by atoms with Gasteiger partial charge in [0.1, 0.15) is 17.3 Å². The van der Waals surface area contributed by atoms with Gasteiger partial charge >= 0.3 is 0 Å². The molecule has 0 aromatic heterocycles. The number of hydrogen-bond donors (Lipinski definition) is 0. The summed E-state index contributed by atoms with van der Waals surface area (Å²) in [5, 5.41) is 2.20. The van der Waals surface area contributed by atoms with Crippen LogP contribution in [0.3, 0.4) is 0 Å². The molecule has 6 aromatic carbocycles. The van der Waals surface area contributed by atoms with E-state index >= 15 is 0 Å². The Morgan fingerprint density at radius 2 is 0.810 bits per heavy atom. The highest BCUT2D eigenvalue weighted by molar-refractivity contribution is 6.31. The molecule has 0 N–H and O–H groups in total. The van der Waals surface area contributed by atoms with E-state index < -0.39 is 0 Å². The van der Waals surface area contributed by atoms with Gasteiger partial charge in [-0.1, -0.05) is 102 Å². The number of ketones is 3. The topological polar surface area (TPSA) is 51.2 Å². The lowest BCUT2D eigenvalue weighted by Gasteiger charge is -2.17. The first-order valence-corrected chi connectivity index (χ1v) is 20.5. The summed E-state index contributed by atoms with van der Waals surface area (Å²) in [4.78, 5) is 34.2. The Kier molecular flexibility index (Phi) is 16.4. The van der Waals surface area contributed by atoms with Crippen LogP contribution in [0, 0.1) is 48.5 Å². The van der Waals surface area contributed by atoms with Crippen molar-refractivity contribution >= 4 is 52.2 Å². The fraction of sp³-hybridized carbons (Fsp3) is 0.250. The number of rotatable bonds is 9. The lowest BCUT2D eigenvalue weighted by molar-refractivity contribution is -0.117. The van der Waals surface area contributed by atoms with E-state index in [1.807, 2.05) is 72.8 Å². The van der Waals surface area contributed by atoms with Crippen LogP contribution in [0.4, 0.5) is 0 Å². The van der Waals surface area contributed by atoms with Crippen LogP contribution < -0.4 is 0 Å². The van der Waals surface area contributed by atoms with Gasteiger partial charge in [-0.2, -0.15) is 0 Å². The number of carbonyl (C=O) groups is 3. The average Bonchev–Trinajstić information content (AvgIpc) is 3.15. The molecule has 0 atom stereocenters. The third-order valence-electron chi connectivity index (χ3n) is 10.4. The molecule has 6 rings (SSSR count). The normalized spacial score (nSPS) is 10.6. The van der Waals surface area contributed by atoms with Crippen LogP contribution in [0.15, 0.2) is 103 Å². The number of aryl methyl sites for hydroxylation is 5. The molecular weight excluding hydrogens is 779 g/mol. The lowest BCUT2D eigenvalue weighted by Crippen LogP contribution is -2.04. The average molecular weight is 832 g/mol. The summed E-state index contributed by atoms with van der Waals surface area (Å²) in [6.45, 7) is 19.5. The highest BCUT2D eigenvalue weighted by Gasteiger charge is 2.15. The Morgan fingerprint density at radius 1 is 0.397 bits per heavy atom. The van der Waals surface area contributed by atoms with Crippen molar-refractivity contribution < 1.29 is 14.4 Å². The van der Waals surface area contributed by atoms with Crippen LogP contribution in [-0.4, -0.2) is 17.3 Å². The van der Waals surface area contributed by atoms with Crippen molar-refractivity contribution in [2.45, 2.75) is 88.5 Å². The van der Waals surface area contributed by atoms with Crippen molar-refractivity contribution in [3.8, 4) is 33.4 Å². The van der Waals surface area contributed by atoms with Gasteiger partial charge in [-0.15, -0.1) is 0 Å². The fourth-order valence-electron chi connectivity index (χ4n) is 7.46. The number of carbonyl (C=O) groups excluding carboxylic acids is 3. The SMILES string of the molecule is CC(=O)Cc1c(C)cc(C)c(-c2ccc(Cl)cc2)c1C.CC(=O)Cc1c(C)ccc(-c2ccc(Cl)cc2)c1C.CC(=O)Cc1cc(-c2ccc(Cl)cc2)c(C)cc1C. The Balaban J connectivity index is 0.000000193. The van der Waals surface area contributed by atoms with Crippen LogP contribution >= 0.6 is 34.8 Å². The highest BCUT2D eigenvalue weighted by Crippen LogP contribution is 2.33. The van der Waals surface area contributed by atoms with E-state index in [1.165, 1.54) is 55.6 Å². The van der Waals surface area contributed by atoms with E-state index in [-0.39, 0.29) is 17.3 Å². The van der Waals surface area contributed by atoms with Crippen LogP contribution in [0.1, 0.15) is 76.4 Å². The van der Waals surface area contributed by atoms with E-state index in [4.69, 9.17) is 34.8 Å². The first-order chi connectivity index (χ1) is 27.4. The van der Waals surface area contributed by atoms with Gasteiger partial charge in [-0.3, -0.25) is 14.4 Å². The molecule has 0 saturated heterocycles. The molecule has 0 unspecified atom stereocenters. The molecule has 0 aliphatic heterocycles. The zero-order chi connectivity index (χ0) is 42.8. The minimum Gasteiger partial charge on any atom is -0.300 e. The Labute approximate surface area is 360 Å². The molecule has 3 nitrogen and oxygen atoms in total. The number of benzene rings is 6. The molecule has 0 spiro atoms. The van der Waals surface area contributed by atoms with Gasteiger partial charge in [0, 0.05) is 34.3 Å². The predicted molar refractivity (Wildman–Crippen MR) is 247 cm³/mol. The second kappa shape index (κ2) is 20.8. The molecular formula is C52H53Cl3O3. The number of Topliss-reactive ketones (excluding diaryl/α,β-unsaturated/α-hetero) is 3. The molecule has 0 heterocycles. The van der Waals surface area contributed by atoms with Crippen molar-refractivity contribution in [1.29, 1.82) is 0 Å². The monoisotopic (exact) mass is 830 g/mol. The maximum Gasteiger partial charge on any atom is 0.134 e. The molecule has 0 fully saturated rings. The molecule has 0 radical (unpaired) electrons. The van der Waals surface area contributed by atoms with E-state index in [0.29, 0.717) is 19.3 Å². The van der Waals surface area contributed by atoms with Crippen molar-refractivity contribution in [2.24, 2.45) is 0 Å². The molecule has 300 valence electrons. The third-order valence-corrected chi connectivity index (χ3v) is 11.1. The predicted octanol–water partition coefficient (Wildman–Crippen LogP) is 14.6.